The van der Waals surface area contributed by atoms with Crippen LogP contribution in [0.5, 0.6) is 0 Å². The quantitative estimate of drug-likeness (QED) is 0.467. The van der Waals surface area contributed by atoms with E-state index in [-0.39, 0.29) is 0 Å². The van der Waals surface area contributed by atoms with E-state index in [1.54, 1.807) is 17.0 Å². The van der Waals surface area contributed by atoms with Gasteiger partial charge in [-0.05, 0) is 36.6 Å². The number of benzene rings is 3. The van der Waals surface area contributed by atoms with E-state index in [1.165, 1.54) is 23.3 Å². The molecule has 28 heavy (non-hydrogen) atoms. The first kappa shape index (κ1) is 18.5. The minimum absolute atomic E-state index is 0.292. The molecular weight excluding hydrogens is 373 g/mol. The summed E-state index contributed by atoms with van der Waals surface area (Å²) in [6, 6.07) is 20.3. The molecular formula is C23H19F2N2P. The maximum atomic E-state index is 14.5. The second kappa shape index (κ2) is 7.65. The van der Waals surface area contributed by atoms with Crippen LogP contribution in [0.25, 0.3) is 5.69 Å². The fourth-order valence-corrected chi connectivity index (χ4v) is 5.32. The van der Waals surface area contributed by atoms with Crippen LogP contribution in [0.1, 0.15) is 11.1 Å². The number of hydrogen-bond acceptors (Lipinski definition) is 1. The molecule has 4 aromatic rings. The first-order chi connectivity index (χ1) is 13.5. The van der Waals surface area contributed by atoms with Gasteiger partial charge in [-0.3, -0.25) is 4.57 Å². The highest BCUT2D eigenvalue weighted by Gasteiger charge is 2.23. The summed E-state index contributed by atoms with van der Waals surface area (Å²) in [6.07, 6.45) is 3.39. The summed E-state index contributed by atoms with van der Waals surface area (Å²) >= 11 is 0. The van der Waals surface area contributed by atoms with Gasteiger partial charge in [-0.1, -0.05) is 59.7 Å². The van der Waals surface area contributed by atoms with Crippen LogP contribution in [0.2, 0.25) is 0 Å². The predicted molar refractivity (Wildman–Crippen MR) is 112 cm³/mol. The van der Waals surface area contributed by atoms with Crippen LogP contribution in [-0.4, -0.2) is 9.55 Å². The van der Waals surface area contributed by atoms with Gasteiger partial charge in [0.25, 0.3) is 0 Å². The second-order valence-electron chi connectivity index (χ2n) is 6.70. The number of halogens is 2. The Morgan fingerprint density at radius 3 is 1.89 bits per heavy atom. The van der Waals surface area contributed by atoms with Gasteiger partial charge in [-0.2, -0.15) is 0 Å². The third-order valence-corrected chi connectivity index (χ3v) is 6.93. The van der Waals surface area contributed by atoms with E-state index in [1.807, 2.05) is 13.8 Å². The Morgan fingerprint density at radius 1 is 0.786 bits per heavy atom. The van der Waals surface area contributed by atoms with Gasteiger partial charge in [-0.15, -0.1) is 0 Å². The zero-order chi connectivity index (χ0) is 19.7. The molecule has 0 atom stereocenters. The second-order valence-corrected chi connectivity index (χ2v) is 8.80. The van der Waals surface area contributed by atoms with Crippen LogP contribution >= 0.6 is 7.92 Å². The molecule has 5 heteroatoms. The molecule has 0 N–H and O–H groups in total. The predicted octanol–water partition coefficient (Wildman–Crippen LogP) is 4.53. The normalized spacial score (nSPS) is 11.2. The molecule has 0 aliphatic heterocycles. The summed E-state index contributed by atoms with van der Waals surface area (Å²) in [4.78, 5) is 4.59. The number of aromatic nitrogens is 2. The molecule has 0 bridgehead atoms. The van der Waals surface area contributed by atoms with Crippen LogP contribution in [0.15, 0.2) is 79.1 Å². The Morgan fingerprint density at radius 2 is 1.36 bits per heavy atom. The van der Waals surface area contributed by atoms with Crippen molar-refractivity contribution in [2.24, 2.45) is 0 Å². The summed E-state index contributed by atoms with van der Waals surface area (Å²) in [5.74, 6) is -1.20. The van der Waals surface area contributed by atoms with Crippen molar-refractivity contribution in [3.05, 3.63) is 102 Å². The average molecular weight is 392 g/mol. The Kier molecular flexibility index (Phi) is 5.06. The van der Waals surface area contributed by atoms with Gasteiger partial charge in [-0.25, -0.2) is 13.8 Å². The number of nitrogens with zero attached hydrogens (tertiary/aromatic N) is 2. The fourth-order valence-electron chi connectivity index (χ4n) is 3.09. The zero-order valence-electron chi connectivity index (χ0n) is 15.6. The van der Waals surface area contributed by atoms with Gasteiger partial charge < -0.3 is 0 Å². The summed E-state index contributed by atoms with van der Waals surface area (Å²) in [5.41, 5.74) is 3.39. The summed E-state index contributed by atoms with van der Waals surface area (Å²) in [6.45, 7) is 4.10. The zero-order valence-corrected chi connectivity index (χ0v) is 16.5. The van der Waals surface area contributed by atoms with Crippen molar-refractivity contribution in [1.82, 2.24) is 9.55 Å². The molecule has 1 heterocycles. The van der Waals surface area contributed by atoms with E-state index in [0.29, 0.717) is 5.69 Å². The van der Waals surface area contributed by atoms with E-state index in [9.17, 15) is 8.78 Å². The topological polar surface area (TPSA) is 17.8 Å². The third kappa shape index (κ3) is 3.61. The molecule has 0 saturated carbocycles. The van der Waals surface area contributed by atoms with E-state index in [4.69, 9.17) is 0 Å². The summed E-state index contributed by atoms with van der Waals surface area (Å²) in [7, 11) is -1.01. The molecule has 0 spiro atoms. The van der Waals surface area contributed by atoms with Crippen LogP contribution in [0.4, 0.5) is 8.78 Å². The standard InChI is InChI=1S/C23H19F2N2P/c1-16-3-8-19(9-4-16)28(20-10-5-17(2)6-11-20)23-26-13-14-27(23)22-12-7-18(24)15-21(22)25/h3-15H,1-2H3. The molecule has 1 aromatic heterocycles. The maximum absolute atomic E-state index is 14.5. The summed E-state index contributed by atoms with van der Waals surface area (Å²) < 4.78 is 29.6. The minimum Gasteiger partial charge on any atom is -0.297 e. The molecule has 140 valence electrons. The smallest absolute Gasteiger partial charge is 0.150 e. The SMILES string of the molecule is Cc1ccc(P(c2ccc(C)cc2)c2nccn2-c2ccc(F)cc2F)cc1. The number of rotatable bonds is 4. The first-order valence-electron chi connectivity index (χ1n) is 8.95. The van der Waals surface area contributed by atoms with Gasteiger partial charge in [0.2, 0.25) is 0 Å². The van der Waals surface area contributed by atoms with Gasteiger partial charge in [0.15, 0.2) is 0 Å². The van der Waals surface area contributed by atoms with E-state index in [2.05, 4.69) is 53.5 Å². The Bertz CT molecular complexity index is 1060. The lowest BCUT2D eigenvalue weighted by molar-refractivity contribution is 0.578. The van der Waals surface area contributed by atoms with Crippen LogP contribution in [-0.2, 0) is 0 Å². The lowest BCUT2D eigenvalue weighted by Gasteiger charge is -2.20. The minimum atomic E-state index is -1.01. The third-order valence-electron chi connectivity index (χ3n) is 4.57. The van der Waals surface area contributed by atoms with Crippen molar-refractivity contribution in [3.8, 4) is 5.69 Å². The maximum Gasteiger partial charge on any atom is 0.150 e. The van der Waals surface area contributed by atoms with Crippen LogP contribution in [0.3, 0.4) is 0 Å². The Balaban J connectivity index is 1.90. The Labute approximate surface area is 164 Å². The molecule has 0 aliphatic carbocycles. The number of aryl methyl sites for hydroxylation is 2. The Hall–Kier alpha value is -2.84. The monoisotopic (exact) mass is 392 g/mol. The van der Waals surface area contributed by atoms with Crippen molar-refractivity contribution in [1.29, 1.82) is 0 Å². The molecule has 0 saturated heterocycles. The molecule has 0 fully saturated rings. The summed E-state index contributed by atoms with van der Waals surface area (Å²) in [5, 5.41) is 2.25. The largest absolute Gasteiger partial charge is 0.297 e. The van der Waals surface area contributed by atoms with E-state index < -0.39 is 19.6 Å². The van der Waals surface area contributed by atoms with Crippen molar-refractivity contribution in [3.63, 3.8) is 0 Å². The van der Waals surface area contributed by atoms with Crippen LogP contribution < -0.4 is 16.2 Å². The van der Waals surface area contributed by atoms with Crippen LogP contribution in [0, 0.1) is 25.5 Å². The number of hydrogen-bond donors (Lipinski definition) is 0. The molecule has 3 aromatic carbocycles. The van der Waals surface area contributed by atoms with Gasteiger partial charge in [0.1, 0.15) is 17.2 Å². The fraction of sp³-hybridized carbons (Fsp3) is 0.0870. The van der Waals surface area contributed by atoms with Crippen molar-refractivity contribution < 1.29 is 8.78 Å². The van der Waals surface area contributed by atoms with Gasteiger partial charge >= 0.3 is 0 Å². The highest BCUT2D eigenvalue weighted by atomic mass is 31.1. The molecule has 0 unspecified atom stereocenters. The van der Waals surface area contributed by atoms with Crippen molar-refractivity contribution >= 4 is 24.1 Å². The highest BCUT2D eigenvalue weighted by Crippen LogP contribution is 2.33. The molecule has 0 radical (unpaired) electrons. The van der Waals surface area contributed by atoms with Gasteiger partial charge in [0, 0.05) is 26.4 Å². The lowest BCUT2D eigenvalue weighted by Crippen LogP contribution is -2.27. The highest BCUT2D eigenvalue weighted by molar-refractivity contribution is 7.79. The van der Waals surface area contributed by atoms with Crippen molar-refractivity contribution in [2.75, 3.05) is 0 Å². The average Bonchev–Trinajstić information content (AvgIpc) is 3.14. The number of imidazole rings is 1. The molecule has 0 amide bonds. The lowest BCUT2D eigenvalue weighted by atomic mass is 10.2. The molecule has 4 rings (SSSR count). The van der Waals surface area contributed by atoms with Gasteiger partial charge in [0.05, 0.1) is 5.69 Å². The first-order valence-corrected chi connectivity index (χ1v) is 10.3. The van der Waals surface area contributed by atoms with E-state index >= 15 is 0 Å². The van der Waals surface area contributed by atoms with E-state index in [0.717, 1.165) is 22.2 Å². The molecule has 0 aliphatic rings. The van der Waals surface area contributed by atoms with Crippen molar-refractivity contribution in [2.45, 2.75) is 13.8 Å². The molecule has 2 nitrogen and oxygen atoms in total.